The SMILES string of the molecule is Cc1cc2c(c(=O)o1)C=C1CCCC(OC=O)C1(C)O2. The zero-order valence-electron chi connectivity index (χ0n) is 11.5. The van der Waals surface area contributed by atoms with Crippen molar-refractivity contribution in [2.75, 3.05) is 0 Å². The molecule has 0 bridgehead atoms. The van der Waals surface area contributed by atoms with Crippen LogP contribution < -0.4 is 10.4 Å². The molecular formula is C15H16O5. The van der Waals surface area contributed by atoms with Crippen molar-refractivity contribution in [3.63, 3.8) is 0 Å². The van der Waals surface area contributed by atoms with Crippen LogP contribution in [0.5, 0.6) is 5.75 Å². The molecule has 0 aromatic carbocycles. The van der Waals surface area contributed by atoms with Crippen LogP contribution in [0.2, 0.25) is 0 Å². The first kappa shape index (κ1) is 13.0. The number of fused-ring (bicyclic) bond motifs is 2. The molecule has 2 heterocycles. The van der Waals surface area contributed by atoms with Gasteiger partial charge in [-0.05, 0) is 44.8 Å². The standard InChI is InChI=1S/C15H16O5/c1-9-6-12-11(14(17)19-9)7-10-4-3-5-13(18-8-16)15(10,2)20-12/h6-8,13H,3-5H2,1-2H3. The first-order chi connectivity index (χ1) is 9.54. The maximum absolute atomic E-state index is 11.9. The van der Waals surface area contributed by atoms with Gasteiger partial charge in [-0.2, -0.15) is 0 Å². The number of hydrogen-bond donors (Lipinski definition) is 0. The van der Waals surface area contributed by atoms with Crippen molar-refractivity contribution in [1.29, 1.82) is 0 Å². The van der Waals surface area contributed by atoms with Gasteiger partial charge in [0.05, 0.1) is 0 Å². The number of ether oxygens (including phenoxy) is 2. The molecule has 2 atom stereocenters. The topological polar surface area (TPSA) is 65.7 Å². The third-order valence-corrected chi connectivity index (χ3v) is 4.10. The van der Waals surface area contributed by atoms with E-state index in [9.17, 15) is 9.59 Å². The quantitative estimate of drug-likeness (QED) is 0.775. The van der Waals surface area contributed by atoms with E-state index in [0.717, 1.165) is 24.8 Å². The fraction of sp³-hybridized carbons (Fsp3) is 0.467. The van der Waals surface area contributed by atoms with E-state index in [-0.39, 0.29) is 6.10 Å². The summed E-state index contributed by atoms with van der Waals surface area (Å²) in [4.78, 5) is 22.6. The van der Waals surface area contributed by atoms with E-state index in [1.165, 1.54) is 0 Å². The van der Waals surface area contributed by atoms with E-state index < -0.39 is 11.2 Å². The Morgan fingerprint density at radius 3 is 3.05 bits per heavy atom. The molecule has 0 amide bonds. The van der Waals surface area contributed by atoms with E-state index in [1.807, 2.05) is 13.0 Å². The molecule has 0 N–H and O–H groups in total. The Balaban J connectivity index is 2.11. The van der Waals surface area contributed by atoms with Crippen molar-refractivity contribution >= 4 is 12.5 Å². The van der Waals surface area contributed by atoms with Crippen LogP contribution in [0, 0.1) is 6.92 Å². The van der Waals surface area contributed by atoms with Gasteiger partial charge in [0.15, 0.2) is 5.60 Å². The van der Waals surface area contributed by atoms with Crippen LogP contribution in [0.3, 0.4) is 0 Å². The highest BCUT2D eigenvalue weighted by molar-refractivity contribution is 5.64. The second-order valence-corrected chi connectivity index (χ2v) is 5.41. The summed E-state index contributed by atoms with van der Waals surface area (Å²) in [6, 6.07) is 1.70. The normalized spacial score (nSPS) is 27.7. The van der Waals surface area contributed by atoms with Gasteiger partial charge in [0.1, 0.15) is 23.2 Å². The third kappa shape index (κ3) is 1.85. The maximum Gasteiger partial charge on any atom is 0.346 e. The van der Waals surface area contributed by atoms with Crippen molar-refractivity contribution in [2.45, 2.75) is 44.8 Å². The Morgan fingerprint density at radius 2 is 2.30 bits per heavy atom. The smallest absolute Gasteiger partial charge is 0.346 e. The van der Waals surface area contributed by atoms with Crippen LogP contribution in [0.4, 0.5) is 0 Å². The highest BCUT2D eigenvalue weighted by Gasteiger charge is 2.46. The van der Waals surface area contributed by atoms with Crippen LogP contribution in [0.25, 0.3) is 6.08 Å². The van der Waals surface area contributed by atoms with Gasteiger partial charge < -0.3 is 13.9 Å². The Bertz CT molecular complexity index is 642. The lowest BCUT2D eigenvalue weighted by molar-refractivity contribution is -0.145. The summed E-state index contributed by atoms with van der Waals surface area (Å²) < 4.78 is 16.3. The molecule has 1 aliphatic heterocycles. The van der Waals surface area contributed by atoms with Crippen molar-refractivity contribution in [3.8, 4) is 5.75 Å². The first-order valence-electron chi connectivity index (χ1n) is 6.68. The minimum absolute atomic E-state index is 0.333. The molecule has 1 saturated carbocycles. The summed E-state index contributed by atoms with van der Waals surface area (Å²) in [7, 11) is 0. The molecule has 0 spiro atoms. The van der Waals surface area contributed by atoms with Crippen LogP contribution in [-0.4, -0.2) is 18.2 Å². The van der Waals surface area contributed by atoms with Gasteiger partial charge in [-0.1, -0.05) is 0 Å². The molecule has 1 fully saturated rings. The molecule has 0 saturated heterocycles. The minimum atomic E-state index is -0.702. The lowest BCUT2D eigenvalue weighted by Crippen LogP contribution is -2.51. The summed E-state index contributed by atoms with van der Waals surface area (Å²) >= 11 is 0. The summed E-state index contributed by atoms with van der Waals surface area (Å²) in [5, 5.41) is 0. The summed E-state index contributed by atoms with van der Waals surface area (Å²) in [6.07, 6.45) is 3.96. The predicted octanol–water partition coefficient (Wildman–Crippen LogP) is 2.21. The molecule has 1 aromatic rings. The van der Waals surface area contributed by atoms with Crippen molar-refractivity contribution in [1.82, 2.24) is 0 Å². The number of rotatable bonds is 2. The zero-order chi connectivity index (χ0) is 14.3. The number of aryl methyl sites for hydroxylation is 1. The van der Waals surface area contributed by atoms with Crippen LogP contribution in [0.1, 0.15) is 37.5 Å². The lowest BCUT2D eigenvalue weighted by Gasteiger charge is -2.44. The van der Waals surface area contributed by atoms with Gasteiger partial charge >= 0.3 is 5.63 Å². The molecule has 0 radical (unpaired) electrons. The van der Waals surface area contributed by atoms with Gasteiger partial charge in [-0.15, -0.1) is 0 Å². The molecule has 1 aliphatic carbocycles. The fourth-order valence-corrected chi connectivity index (χ4v) is 3.03. The summed E-state index contributed by atoms with van der Waals surface area (Å²) in [5.74, 6) is 0.990. The highest BCUT2D eigenvalue weighted by Crippen LogP contribution is 2.43. The van der Waals surface area contributed by atoms with Gasteiger partial charge in [0.2, 0.25) is 0 Å². The zero-order valence-corrected chi connectivity index (χ0v) is 11.5. The molecule has 5 nitrogen and oxygen atoms in total. The third-order valence-electron chi connectivity index (χ3n) is 4.10. The molecule has 3 rings (SSSR count). The van der Waals surface area contributed by atoms with E-state index in [1.54, 1.807) is 13.0 Å². The second-order valence-electron chi connectivity index (χ2n) is 5.41. The lowest BCUT2D eigenvalue weighted by atomic mass is 9.77. The van der Waals surface area contributed by atoms with Crippen LogP contribution >= 0.6 is 0 Å². The average molecular weight is 276 g/mol. The van der Waals surface area contributed by atoms with E-state index >= 15 is 0 Å². The molecular weight excluding hydrogens is 260 g/mol. The summed E-state index contributed by atoms with van der Waals surface area (Å²) in [6.45, 7) is 4.06. The Labute approximate surface area is 116 Å². The predicted molar refractivity (Wildman–Crippen MR) is 71.5 cm³/mol. The summed E-state index contributed by atoms with van der Waals surface area (Å²) in [5.41, 5.74) is 0.314. The van der Waals surface area contributed by atoms with Crippen LogP contribution in [-0.2, 0) is 9.53 Å². The molecule has 2 unspecified atom stereocenters. The largest absolute Gasteiger partial charge is 0.478 e. The second kappa shape index (κ2) is 4.51. The Kier molecular flexibility index (Phi) is 2.92. The molecule has 106 valence electrons. The molecule has 5 heteroatoms. The average Bonchev–Trinajstić information content (AvgIpc) is 2.38. The monoisotopic (exact) mass is 276 g/mol. The van der Waals surface area contributed by atoms with Crippen molar-refractivity contribution in [3.05, 3.63) is 33.4 Å². The fourth-order valence-electron chi connectivity index (χ4n) is 3.03. The van der Waals surface area contributed by atoms with Gasteiger partial charge in [0.25, 0.3) is 6.47 Å². The van der Waals surface area contributed by atoms with Gasteiger partial charge in [-0.25, -0.2) is 4.79 Å². The van der Waals surface area contributed by atoms with Crippen LogP contribution in [0.15, 0.2) is 20.9 Å². The minimum Gasteiger partial charge on any atom is -0.478 e. The Hall–Kier alpha value is -2.04. The number of hydrogen-bond acceptors (Lipinski definition) is 5. The van der Waals surface area contributed by atoms with E-state index in [4.69, 9.17) is 13.9 Å². The first-order valence-corrected chi connectivity index (χ1v) is 6.68. The van der Waals surface area contributed by atoms with E-state index in [0.29, 0.717) is 23.5 Å². The molecule has 1 aromatic heterocycles. The highest BCUT2D eigenvalue weighted by atomic mass is 16.6. The van der Waals surface area contributed by atoms with E-state index in [2.05, 4.69) is 0 Å². The van der Waals surface area contributed by atoms with Gasteiger partial charge in [-0.3, -0.25) is 4.79 Å². The van der Waals surface area contributed by atoms with Gasteiger partial charge in [0, 0.05) is 6.07 Å². The number of carbonyl (C=O) groups excluding carboxylic acids is 1. The number of carbonyl (C=O) groups is 1. The Morgan fingerprint density at radius 1 is 1.50 bits per heavy atom. The maximum atomic E-state index is 11.9. The molecule has 20 heavy (non-hydrogen) atoms. The van der Waals surface area contributed by atoms with Crippen molar-refractivity contribution in [2.24, 2.45) is 0 Å². The van der Waals surface area contributed by atoms with Crippen molar-refractivity contribution < 1.29 is 18.7 Å². The molecule has 2 aliphatic rings.